The van der Waals surface area contributed by atoms with Crippen molar-refractivity contribution in [3.63, 3.8) is 0 Å². The van der Waals surface area contributed by atoms with E-state index in [9.17, 15) is 13.2 Å². The van der Waals surface area contributed by atoms with Crippen LogP contribution in [0.2, 0.25) is 0 Å². The smallest absolute Gasteiger partial charge is 0.266 e. The largest absolute Gasteiger partial charge is 0.289 e. The molecule has 0 saturated carbocycles. The molecule has 4 nitrogen and oxygen atoms in total. The zero-order chi connectivity index (χ0) is 15.9. The SMILES string of the molecule is O=C1C(=Cc2ccccc2Br)SC(=S)N1C1CCS(=O)(=O)C1. The molecule has 2 saturated heterocycles. The molecule has 0 spiro atoms. The van der Waals surface area contributed by atoms with E-state index in [0.717, 1.165) is 10.0 Å². The third kappa shape index (κ3) is 3.15. The van der Waals surface area contributed by atoms with Crippen LogP contribution in [0, 0.1) is 0 Å². The van der Waals surface area contributed by atoms with Crippen molar-refractivity contribution in [2.75, 3.05) is 11.5 Å². The van der Waals surface area contributed by atoms with Crippen LogP contribution < -0.4 is 0 Å². The number of amides is 1. The van der Waals surface area contributed by atoms with Gasteiger partial charge in [0.15, 0.2) is 9.84 Å². The van der Waals surface area contributed by atoms with Crippen molar-refractivity contribution in [3.05, 3.63) is 39.2 Å². The van der Waals surface area contributed by atoms with Gasteiger partial charge in [0.05, 0.1) is 22.5 Å². The molecule has 3 rings (SSSR count). The van der Waals surface area contributed by atoms with Gasteiger partial charge in [-0.05, 0) is 24.1 Å². The van der Waals surface area contributed by atoms with Crippen LogP contribution in [0.15, 0.2) is 33.6 Å². The van der Waals surface area contributed by atoms with Crippen LogP contribution >= 0.6 is 39.9 Å². The fraction of sp³-hybridized carbons (Fsp3) is 0.286. The predicted molar refractivity (Wildman–Crippen MR) is 96.2 cm³/mol. The van der Waals surface area contributed by atoms with E-state index in [0.29, 0.717) is 15.6 Å². The summed E-state index contributed by atoms with van der Waals surface area (Å²) in [5, 5.41) is 0. The highest BCUT2D eigenvalue weighted by Crippen LogP contribution is 2.36. The summed E-state index contributed by atoms with van der Waals surface area (Å²) in [4.78, 5) is 14.6. The van der Waals surface area contributed by atoms with E-state index in [4.69, 9.17) is 12.2 Å². The number of rotatable bonds is 2. The van der Waals surface area contributed by atoms with Gasteiger partial charge < -0.3 is 0 Å². The Morgan fingerprint density at radius 3 is 2.73 bits per heavy atom. The minimum atomic E-state index is -3.05. The maximum Gasteiger partial charge on any atom is 0.266 e. The van der Waals surface area contributed by atoms with Crippen molar-refractivity contribution in [3.8, 4) is 0 Å². The van der Waals surface area contributed by atoms with Crippen molar-refractivity contribution >= 4 is 66.1 Å². The Bertz CT molecular complexity index is 788. The van der Waals surface area contributed by atoms with E-state index >= 15 is 0 Å². The molecule has 22 heavy (non-hydrogen) atoms. The molecule has 0 N–H and O–H groups in total. The number of carbonyl (C=O) groups excluding carboxylic acids is 1. The quantitative estimate of drug-likeness (QED) is 0.546. The third-order valence-electron chi connectivity index (χ3n) is 3.59. The molecule has 2 fully saturated rings. The van der Waals surface area contributed by atoms with E-state index in [1.54, 1.807) is 6.08 Å². The Morgan fingerprint density at radius 1 is 1.36 bits per heavy atom. The van der Waals surface area contributed by atoms with Gasteiger partial charge in [-0.1, -0.05) is 58.1 Å². The molecule has 2 aliphatic heterocycles. The molecule has 1 amide bonds. The summed E-state index contributed by atoms with van der Waals surface area (Å²) in [6.45, 7) is 0. The number of carbonyl (C=O) groups is 1. The van der Waals surface area contributed by atoms with E-state index in [1.165, 1.54) is 16.7 Å². The fourth-order valence-corrected chi connectivity index (χ4v) is 6.00. The van der Waals surface area contributed by atoms with Crippen molar-refractivity contribution in [1.82, 2.24) is 4.90 Å². The first-order valence-corrected chi connectivity index (χ1v) is 10.4. The summed E-state index contributed by atoms with van der Waals surface area (Å²) in [5.41, 5.74) is 0.891. The molecule has 1 aromatic rings. The molecule has 8 heteroatoms. The normalized spacial score (nSPS) is 26.1. The zero-order valence-electron chi connectivity index (χ0n) is 11.4. The lowest BCUT2D eigenvalue weighted by atomic mass is 10.2. The van der Waals surface area contributed by atoms with Crippen LogP contribution in [0.25, 0.3) is 6.08 Å². The second kappa shape index (κ2) is 6.07. The third-order valence-corrected chi connectivity index (χ3v) is 7.39. The highest BCUT2D eigenvalue weighted by atomic mass is 79.9. The van der Waals surface area contributed by atoms with E-state index in [1.807, 2.05) is 24.3 Å². The van der Waals surface area contributed by atoms with Crippen molar-refractivity contribution in [2.45, 2.75) is 12.5 Å². The van der Waals surface area contributed by atoms with Gasteiger partial charge in [0.25, 0.3) is 5.91 Å². The number of benzene rings is 1. The van der Waals surface area contributed by atoms with Gasteiger partial charge in [-0.3, -0.25) is 9.69 Å². The zero-order valence-corrected chi connectivity index (χ0v) is 15.4. The standard InChI is InChI=1S/C14H12BrNO3S3/c15-11-4-2-1-3-9(11)7-12-13(17)16(14(20)21-12)10-5-6-22(18,19)8-10/h1-4,7,10H,5-6,8H2. The molecule has 0 aliphatic carbocycles. The Balaban J connectivity index is 1.88. The first-order valence-electron chi connectivity index (χ1n) is 6.59. The molecule has 2 aliphatic rings. The van der Waals surface area contributed by atoms with E-state index < -0.39 is 9.84 Å². The maximum absolute atomic E-state index is 12.6. The molecular weight excluding hydrogens is 406 g/mol. The Labute approximate surface area is 147 Å². The fourth-order valence-electron chi connectivity index (χ4n) is 2.51. The summed E-state index contributed by atoms with van der Waals surface area (Å²) < 4.78 is 24.6. The van der Waals surface area contributed by atoms with Crippen molar-refractivity contribution in [2.24, 2.45) is 0 Å². The number of thiocarbonyl (C=S) groups is 1. The lowest BCUT2D eigenvalue weighted by molar-refractivity contribution is -0.123. The Hall–Kier alpha value is -0.700. The lowest BCUT2D eigenvalue weighted by Crippen LogP contribution is -2.39. The topological polar surface area (TPSA) is 54.5 Å². The average molecular weight is 418 g/mol. The number of thioether (sulfide) groups is 1. The van der Waals surface area contributed by atoms with Crippen LogP contribution in [0.5, 0.6) is 0 Å². The van der Waals surface area contributed by atoms with Gasteiger partial charge >= 0.3 is 0 Å². The summed E-state index contributed by atoms with van der Waals surface area (Å²) >= 11 is 9.95. The number of halogens is 1. The molecular formula is C14H12BrNO3S3. The van der Waals surface area contributed by atoms with Crippen molar-refractivity contribution in [1.29, 1.82) is 0 Å². The number of hydrogen-bond donors (Lipinski definition) is 0. The molecule has 0 aromatic heterocycles. The van der Waals surface area contributed by atoms with Crippen molar-refractivity contribution < 1.29 is 13.2 Å². The van der Waals surface area contributed by atoms with Gasteiger partial charge in [0, 0.05) is 4.47 Å². The molecule has 2 heterocycles. The number of hydrogen-bond acceptors (Lipinski definition) is 5. The van der Waals surface area contributed by atoms with E-state index in [2.05, 4.69) is 15.9 Å². The summed E-state index contributed by atoms with van der Waals surface area (Å²) in [7, 11) is -3.05. The van der Waals surface area contributed by atoms with Gasteiger partial charge in [-0.15, -0.1) is 0 Å². The minimum absolute atomic E-state index is 0.00174. The van der Waals surface area contributed by atoms with Crippen LogP contribution in [0.3, 0.4) is 0 Å². The molecule has 1 unspecified atom stereocenters. The van der Waals surface area contributed by atoms with Gasteiger partial charge in [-0.2, -0.15) is 0 Å². The van der Waals surface area contributed by atoms with Crippen LogP contribution in [-0.2, 0) is 14.6 Å². The molecule has 1 atom stereocenters. The van der Waals surface area contributed by atoms with Gasteiger partial charge in [0.2, 0.25) is 0 Å². The van der Waals surface area contributed by atoms with Crippen LogP contribution in [0.1, 0.15) is 12.0 Å². The average Bonchev–Trinajstić information content (AvgIpc) is 2.92. The Morgan fingerprint density at radius 2 is 2.09 bits per heavy atom. The highest BCUT2D eigenvalue weighted by molar-refractivity contribution is 9.10. The molecule has 1 aromatic carbocycles. The van der Waals surface area contributed by atoms with Crippen LogP contribution in [0.4, 0.5) is 0 Å². The maximum atomic E-state index is 12.6. The second-order valence-corrected chi connectivity index (χ2v) is 9.89. The highest BCUT2D eigenvalue weighted by Gasteiger charge is 2.42. The van der Waals surface area contributed by atoms with Crippen LogP contribution in [-0.4, -0.2) is 41.1 Å². The summed E-state index contributed by atoms with van der Waals surface area (Å²) in [6.07, 6.45) is 2.24. The summed E-state index contributed by atoms with van der Waals surface area (Å²) in [5.74, 6) is -0.0763. The predicted octanol–water partition coefficient (Wildman–Crippen LogP) is 2.84. The van der Waals surface area contributed by atoms with E-state index in [-0.39, 0.29) is 23.5 Å². The Kier molecular flexibility index (Phi) is 4.46. The van der Waals surface area contributed by atoms with Gasteiger partial charge in [0.1, 0.15) is 4.32 Å². The number of sulfone groups is 1. The lowest BCUT2D eigenvalue weighted by Gasteiger charge is -2.20. The molecule has 116 valence electrons. The first-order chi connectivity index (χ1) is 10.4. The summed E-state index contributed by atoms with van der Waals surface area (Å²) in [6, 6.07) is 7.26. The number of nitrogens with zero attached hydrogens (tertiary/aromatic N) is 1. The first kappa shape index (κ1) is 16.2. The monoisotopic (exact) mass is 417 g/mol. The molecule has 0 bridgehead atoms. The minimum Gasteiger partial charge on any atom is -0.289 e. The van der Waals surface area contributed by atoms with Gasteiger partial charge in [-0.25, -0.2) is 8.42 Å². The second-order valence-electron chi connectivity index (χ2n) is 5.13. The molecule has 0 radical (unpaired) electrons.